The number of nitrogens with zero attached hydrogens (tertiary/aromatic N) is 1. The summed E-state index contributed by atoms with van der Waals surface area (Å²) >= 11 is 0. The van der Waals surface area contributed by atoms with Gasteiger partial charge < -0.3 is 5.32 Å². The third kappa shape index (κ3) is 4.52. The van der Waals surface area contributed by atoms with Crippen molar-refractivity contribution in [3.8, 4) is 11.1 Å². The SMILES string of the molecule is Cc1ccc(-c2ccc(CNC(=O)CCc3ccccc3)c3cnccc23)cc1. The maximum absolute atomic E-state index is 12.3. The van der Waals surface area contributed by atoms with Crippen LogP contribution in [0.5, 0.6) is 0 Å². The molecule has 0 aliphatic heterocycles. The lowest BCUT2D eigenvalue weighted by atomic mass is 9.96. The molecule has 3 nitrogen and oxygen atoms in total. The molecular formula is C26H24N2O. The Hall–Kier alpha value is -3.46. The fourth-order valence-electron chi connectivity index (χ4n) is 3.57. The van der Waals surface area contributed by atoms with Crippen molar-refractivity contribution in [3.05, 3.63) is 102 Å². The van der Waals surface area contributed by atoms with Crippen molar-refractivity contribution in [2.75, 3.05) is 0 Å². The van der Waals surface area contributed by atoms with Crippen LogP contribution < -0.4 is 5.32 Å². The lowest BCUT2D eigenvalue weighted by Gasteiger charge is -2.12. The third-order valence-electron chi connectivity index (χ3n) is 5.23. The number of hydrogen-bond donors (Lipinski definition) is 1. The molecule has 0 atom stereocenters. The zero-order valence-corrected chi connectivity index (χ0v) is 16.6. The molecule has 0 bridgehead atoms. The molecule has 3 aromatic carbocycles. The monoisotopic (exact) mass is 380 g/mol. The molecule has 0 saturated carbocycles. The molecule has 1 heterocycles. The van der Waals surface area contributed by atoms with Gasteiger partial charge in [-0.1, -0.05) is 72.3 Å². The number of benzene rings is 3. The van der Waals surface area contributed by atoms with Gasteiger partial charge in [0.2, 0.25) is 5.91 Å². The van der Waals surface area contributed by atoms with Gasteiger partial charge in [0, 0.05) is 30.7 Å². The lowest BCUT2D eigenvalue weighted by Crippen LogP contribution is -2.23. The van der Waals surface area contributed by atoms with Gasteiger partial charge in [-0.3, -0.25) is 9.78 Å². The molecule has 4 aromatic rings. The maximum atomic E-state index is 12.3. The van der Waals surface area contributed by atoms with Crippen LogP contribution in [0.3, 0.4) is 0 Å². The first-order valence-corrected chi connectivity index (χ1v) is 9.94. The summed E-state index contributed by atoms with van der Waals surface area (Å²) < 4.78 is 0. The van der Waals surface area contributed by atoms with E-state index in [4.69, 9.17) is 0 Å². The van der Waals surface area contributed by atoms with Crippen LogP contribution in [0.4, 0.5) is 0 Å². The Balaban J connectivity index is 1.50. The van der Waals surface area contributed by atoms with Gasteiger partial charge in [0.15, 0.2) is 0 Å². The van der Waals surface area contributed by atoms with Gasteiger partial charge in [0.05, 0.1) is 0 Å². The Kier molecular flexibility index (Phi) is 5.66. The molecule has 3 heteroatoms. The van der Waals surface area contributed by atoms with Gasteiger partial charge in [-0.15, -0.1) is 0 Å². The maximum Gasteiger partial charge on any atom is 0.220 e. The largest absolute Gasteiger partial charge is 0.352 e. The number of carbonyl (C=O) groups excluding carboxylic acids is 1. The van der Waals surface area contributed by atoms with Crippen molar-refractivity contribution in [3.63, 3.8) is 0 Å². The first-order chi connectivity index (χ1) is 14.2. The van der Waals surface area contributed by atoms with Crippen molar-refractivity contribution in [2.45, 2.75) is 26.3 Å². The number of aryl methyl sites for hydroxylation is 2. The molecule has 0 saturated heterocycles. The Bertz CT molecular complexity index is 1120. The summed E-state index contributed by atoms with van der Waals surface area (Å²) in [7, 11) is 0. The lowest BCUT2D eigenvalue weighted by molar-refractivity contribution is -0.121. The van der Waals surface area contributed by atoms with Crippen LogP contribution in [0.15, 0.2) is 85.2 Å². The average molecular weight is 380 g/mol. The molecule has 0 aliphatic rings. The summed E-state index contributed by atoms with van der Waals surface area (Å²) in [4.78, 5) is 16.6. The van der Waals surface area contributed by atoms with E-state index in [-0.39, 0.29) is 5.91 Å². The van der Waals surface area contributed by atoms with E-state index in [1.807, 2.05) is 36.7 Å². The number of fused-ring (bicyclic) bond motifs is 1. The van der Waals surface area contributed by atoms with E-state index in [9.17, 15) is 4.79 Å². The second-order valence-corrected chi connectivity index (χ2v) is 7.32. The molecular weight excluding hydrogens is 356 g/mol. The molecule has 0 spiro atoms. The highest BCUT2D eigenvalue weighted by molar-refractivity contribution is 5.98. The summed E-state index contributed by atoms with van der Waals surface area (Å²) in [6, 6.07) is 24.9. The number of rotatable bonds is 6. The van der Waals surface area contributed by atoms with Gasteiger partial charge >= 0.3 is 0 Å². The van der Waals surface area contributed by atoms with Crippen LogP contribution in [-0.4, -0.2) is 10.9 Å². The van der Waals surface area contributed by atoms with Crippen molar-refractivity contribution >= 4 is 16.7 Å². The van der Waals surface area contributed by atoms with Gasteiger partial charge in [-0.05, 0) is 47.1 Å². The highest BCUT2D eigenvalue weighted by Crippen LogP contribution is 2.30. The average Bonchev–Trinajstić information content (AvgIpc) is 2.77. The second kappa shape index (κ2) is 8.70. The predicted molar refractivity (Wildman–Crippen MR) is 119 cm³/mol. The Morgan fingerprint density at radius 1 is 0.897 bits per heavy atom. The molecule has 1 amide bonds. The predicted octanol–water partition coefficient (Wildman–Crippen LogP) is 5.46. The van der Waals surface area contributed by atoms with E-state index in [2.05, 4.69) is 65.8 Å². The quantitative estimate of drug-likeness (QED) is 0.483. The summed E-state index contributed by atoms with van der Waals surface area (Å²) in [5.74, 6) is 0.0634. The van der Waals surface area contributed by atoms with E-state index in [0.717, 1.165) is 22.8 Å². The summed E-state index contributed by atoms with van der Waals surface area (Å²) in [6.07, 6.45) is 4.95. The fourth-order valence-corrected chi connectivity index (χ4v) is 3.57. The highest BCUT2D eigenvalue weighted by Gasteiger charge is 2.09. The van der Waals surface area contributed by atoms with Gasteiger partial charge in [-0.25, -0.2) is 0 Å². The van der Waals surface area contributed by atoms with Crippen LogP contribution in [0.25, 0.3) is 21.9 Å². The van der Waals surface area contributed by atoms with Crippen LogP contribution in [0.1, 0.15) is 23.1 Å². The van der Waals surface area contributed by atoms with E-state index >= 15 is 0 Å². The Morgan fingerprint density at radius 3 is 2.48 bits per heavy atom. The first-order valence-electron chi connectivity index (χ1n) is 9.94. The number of aromatic nitrogens is 1. The topological polar surface area (TPSA) is 42.0 Å². The van der Waals surface area contributed by atoms with Crippen LogP contribution in [0.2, 0.25) is 0 Å². The van der Waals surface area contributed by atoms with Crippen LogP contribution in [0, 0.1) is 6.92 Å². The summed E-state index contributed by atoms with van der Waals surface area (Å²) in [6.45, 7) is 2.60. The minimum atomic E-state index is 0.0634. The van der Waals surface area contributed by atoms with Crippen LogP contribution in [-0.2, 0) is 17.8 Å². The molecule has 1 aromatic heterocycles. The van der Waals surface area contributed by atoms with Crippen molar-refractivity contribution in [1.29, 1.82) is 0 Å². The molecule has 29 heavy (non-hydrogen) atoms. The van der Waals surface area contributed by atoms with E-state index < -0.39 is 0 Å². The second-order valence-electron chi connectivity index (χ2n) is 7.32. The summed E-state index contributed by atoms with van der Waals surface area (Å²) in [5, 5.41) is 5.29. The Morgan fingerprint density at radius 2 is 1.69 bits per heavy atom. The molecule has 0 radical (unpaired) electrons. The zero-order chi connectivity index (χ0) is 20.1. The van der Waals surface area contributed by atoms with Crippen molar-refractivity contribution in [2.24, 2.45) is 0 Å². The van der Waals surface area contributed by atoms with E-state index in [0.29, 0.717) is 13.0 Å². The smallest absolute Gasteiger partial charge is 0.220 e. The first kappa shape index (κ1) is 18.9. The number of pyridine rings is 1. The zero-order valence-electron chi connectivity index (χ0n) is 16.6. The van der Waals surface area contributed by atoms with E-state index in [1.165, 1.54) is 22.3 Å². The van der Waals surface area contributed by atoms with Gasteiger partial charge in [-0.2, -0.15) is 0 Å². The van der Waals surface area contributed by atoms with Crippen molar-refractivity contribution in [1.82, 2.24) is 10.3 Å². The summed E-state index contributed by atoms with van der Waals surface area (Å²) in [5.41, 5.74) is 5.87. The standard InChI is InChI=1S/C26H24N2O/c1-19-7-10-21(11-8-19)23-13-12-22(25-18-27-16-15-24(23)25)17-28-26(29)14-9-20-5-3-2-4-6-20/h2-8,10-13,15-16,18H,9,14,17H2,1H3,(H,28,29). The number of amides is 1. The number of nitrogens with one attached hydrogen (secondary N) is 1. The van der Waals surface area contributed by atoms with Gasteiger partial charge in [0.25, 0.3) is 0 Å². The van der Waals surface area contributed by atoms with Crippen LogP contribution >= 0.6 is 0 Å². The molecule has 1 N–H and O–H groups in total. The molecule has 0 aliphatic carbocycles. The number of hydrogen-bond acceptors (Lipinski definition) is 2. The number of carbonyl (C=O) groups is 1. The molecule has 144 valence electrons. The normalized spacial score (nSPS) is 10.8. The highest BCUT2D eigenvalue weighted by atomic mass is 16.1. The third-order valence-corrected chi connectivity index (χ3v) is 5.23. The molecule has 0 fully saturated rings. The van der Waals surface area contributed by atoms with E-state index in [1.54, 1.807) is 0 Å². The Labute approximate surface area is 171 Å². The minimum absolute atomic E-state index is 0.0634. The minimum Gasteiger partial charge on any atom is -0.352 e. The van der Waals surface area contributed by atoms with Crippen molar-refractivity contribution < 1.29 is 4.79 Å². The fraction of sp³-hybridized carbons (Fsp3) is 0.154. The van der Waals surface area contributed by atoms with Gasteiger partial charge in [0.1, 0.15) is 0 Å². The molecule has 0 unspecified atom stereocenters. The molecule has 4 rings (SSSR count).